The lowest BCUT2D eigenvalue weighted by Gasteiger charge is -2.21. The van der Waals surface area contributed by atoms with Crippen LogP contribution in [0, 0.1) is 13.8 Å². The summed E-state index contributed by atoms with van der Waals surface area (Å²) in [6.07, 6.45) is 2.09. The highest BCUT2D eigenvalue weighted by molar-refractivity contribution is 5.54. The van der Waals surface area contributed by atoms with Crippen molar-refractivity contribution in [3.8, 4) is 5.75 Å². The van der Waals surface area contributed by atoms with Crippen molar-refractivity contribution in [1.82, 2.24) is 0 Å². The van der Waals surface area contributed by atoms with E-state index in [1.807, 2.05) is 0 Å². The number of nitrogens with one attached hydrogen (secondary N) is 1. The second-order valence-electron chi connectivity index (χ2n) is 5.89. The average molecular weight is 281 g/mol. The van der Waals surface area contributed by atoms with Crippen LogP contribution in [0.25, 0.3) is 0 Å². The molecule has 110 valence electrons. The lowest BCUT2D eigenvalue weighted by molar-refractivity contribution is 0.357. The van der Waals surface area contributed by atoms with Crippen LogP contribution in [0.3, 0.4) is 0 Å². The predicted molar refractivity (Wildman–Crippen MR) is 88.2 cm³/mol. The van der Waals surface area contributed by atoms with Gasteiger partial charge in [-0.3, -0.25) is 0 Å². The summed E-state index contributed by atoms with van der Waals surface area (Å²) in [5, 5.41) is 3.70. The molecule has 2 aromatic carbocycles. The van der Waals surface area contributed by atoms with E-state index in [0.29, 0.717) is 6.04 Å². The number of fused-ring (bicyclic) bond motifs is 1. The van der Waals surface area contributed by atoms with Crippen LogP contribution in [0.15, 0.2) is 36.4 Å². The van der Waals surface area contributed by atoms with E-state index in [-0.39, 0.29) is 0 Å². The van der Waals surface area contributed by atoms with Crippen molar-refractivity contribution in [2.75, 3.05) is 11.9 Å². The molecule has 3 rings (SSSR count). The highest BCUT2D eigenvalue weighted by atomic mass is 16.5. The largest absolute Gasteiger partial charge is 0.493 e. The van der Waals surface area contributed by atoms with Gasteiger partial charge in [0.2, 0.25) is 0 Å². The second-order valence-corrected chi connectivity index (χ2v) is 5.89. The van der Waals surface area contributed by atoms with Gasteiger partial charge in [-0.1, -0.05) is 25.1 Å². The van der Waals surface area contributed by atoms with Crippen molar-refractivity contribution in [1.29, 1.82) is 0 Å². The van der Waals surface area contributed by atoms with Crippen molar-refractivity contribution in [2.45, 2.75) is 39.7 Å². The normalized spacial score (nSPS) is 14.4. The average Bonchev–Trinajstić information content (AvgIpc) is 2.95. The SMILES string of the molecule is CCC(Nc1cc(C)ccc1C)c1ccc2c(c1)CCO2. The van der Waals surface area contributed by atoms with E-state index in [9.17, 15) is 0 Å². The van der Waals surface area contributed by atoms with E-state index in [2.05, 4.69) is 62.5 Å². The van der Waals surface area contributed by atoms with Gasteiger partial charge >= 0.3 is 0 Å². The quantitative estimate of drug-likeness (QED) is 0.869. The molecule has 0 spiro atoms. The molecule has 0 aromatic heterocycles. The van der Waals surface area contributed by atoms with Crippen LogP contribution in [0.4, 0.5) is 5.69 Å². The standard InChI is InChI=1S/C19H23NO/c1-4-17(20-18-11-13(2)5-6-14(18)3)15-7-8-19-16(12-15)9-10-21-19/h5-8,11-12,17,20H,4,9-10H2,1-3H3. The first-order chi connectivity index (χ1) is 10.2. The highest BCUT2D eigenvalue weighted by Crippen LogP contribution is 2.31. The fourth-order valence-electron chi connectivity index (χ4n) is 2.92. The zero-order valence-corrected chi connectivity index (χ0v) is 13.1. The lowest BCUT2D eigenvalue weighted by Crippen LogP contribution is -2.11. The van der Waals surface area contributed by atoms with E-state index >= 15 is 0 Å². The molecule has 21 heavy (non-hydrogen) atoms. The number of benzene rings is 2. The molecule has 1 atom stereocenters. The van der Waals surface area contributed by atoms with Crippen LogP contribution in [0.5, 0.6) is 5.75 Å². The number of ether oxygens (including phenoxy) is 1. The molecule has 1 aliphatic heterocycles. The molecule has 0 radical (unpaired) electrons. The number of anilines is 1. The topological polar surface area (TPSA) is 21.3 Å². The van der Waals surface area contributed by atoms with Crippen molar-refractivity contribution in [3.63, 3.8) is 0 Å². The Labute approximate surface area is 127 Å². The van der Waals surface area contributed by atoms with Gasteiger partial charge in [-0.05, 0) is 60.7 Å². The molecule has 0 bridgehead atoms. The monoisotopic (exact) mass is 281 g/mol. The summed E-state index contributed by atoms with van der Waals surface area (Å²) in [6, 6.07) is 13.5. The van der Waals surface area contributed by atoms with Gasteiger partial charge in [0.15, 0.2) is 0 Å². The fourth-order valence-corrected chi connectivity index (χ4v) is 2.92. The Hall–Kier alpha value is -1.96. The molecule has 0 aliphatic carbocycles. The third kappa shape index (κ3) is 2.90. The number of hydrogen-bond donors (Lipinski definition) is 1. The van der Waals surface area contributed by atoms with Gasteiger partial charge in [0.25, 0.3) is 0 Å². The van der Waals surface area contributed by atoms with Gasteiger partial charge in [0, 0.05) is 12.1 Å². The van der Waals surface area contributed by atoms with Gasteiger partial charge < -0.3 is 10.1 Å². The Balaban J connectivity index is 1.86. The van der Waals surface area contributed by atoms with Crippen LogP contribution in [0.1, 0.15) is 41.6 Å². The van der Waals surface area contributed by atoms with Gasteiger partial charge in [-0.15, -0.1) is 0 Å². The molecular weight excluding hydrogens is 258 g/mol. The van der Waals surface area contributed by atoms with Gasteiger partial charge in [-0.25, -0.2) is 0 Å². The van der Waals surface area contributed by atoms with Crippen LogP contribution in [0.2, 0.25) is 0 Å². The summed E-state index contributed by atoms with van der Waals surface area (Å²) in [6.45, 7) is 7.34. The van der Waals surface area contributed by atoms with Crippen LogP contribution in [-0.4, -0.2) is 6.61 Å². The molecule has 1 unspecified atom stereocenters. The number of hydrogen-bond acceptors (Lipinski definition) is 2. The van der Waals surface area contributed by atoms with Crippen molar-refractivity contribution < 1.29 is 4.74 Å². The molecule has 2 aromatic rings. The number of rotatable bonds is 4. The zero-order chi connectivity index (χ0) is 14.8. The van der Waals surface area contributed by atoms with Crippen molar-refractivity contribution >= 4 is 5.69 Å². The predicted octanol–water partition coefficient (Wildman–Crippen LogP) is 4.80. The summed E-state index contributed by atoms with van der Waals surface area (Å²) >= 11 is 0. The van der Waals surface area contributed by atoms with Crippen LogP contribution in [-0.2, 0) is 6.42 Å². The molecule has 0 amide bonds. The van der Waals surface area contributed by atoms with Gasteiger partial charge in [0.05, 0.1) is 12.6 Å². The first-order valence-corrected chi connectivity index (χ1v) is 7.77. The first kappa shape index (κ1) is 14.0. The van der Waals surface area contributed by atoms with Gasteiger partial charge in [-0.2, -0.15) is 0 Å². The van der Waals surface area contributed by atoms with Crippen molar-refractivity contribution in [2.24, 2.45) is 0 Å². The summed E-state index contributed by atoms with van der Waals surface area (Å²) < 4.78 is 5.60. The van der Waals surface area contributed by atoms with Crippen LogP contribution >= 0.6 is 0 Å². The first-order valence-electron chi connectivity index (χ1n) is 7.77. The van der Waals surface area contributed by atoms with Gasteiger partial charge in [0.1, 0.15) is 5.75 Å². The van der Waals surface area contributed by atoms with Crippen LogP contribution < -0.4 is 10.1 Å². The molecule has 1 aliphatic rings. The van der Waals surface area contributed by atoms with Crippen molar-refractivity contribution in [3.05, 3.63) is 58.7 Å². The summed E-state index contributed by atoms with van der Waals surface area (Å²) in [5.74, 6) is 1.06. The minimum absolute atomic E-state index is 0.344. The molecule has 1 heterocycles. The summed E-state index contributed by atoms with van der Waals surface area (Å²) in [4.78, 5) is 0. The molecule has 2 heteroatoms. The maximum Gasteiger partial charge on any atom is 0.122 e. The Morgan fingerprint density at radius 1 is 1.14 bits per heavy atom. The fraction of sp³-hybridized carbons (Fsp3) is 0.368. The molecule has 0 saturated carbocycles. The van der Waals surface area contributed by atoms with E-state index in [1.165, 1.54) is 27.9 Å². The molecular formula is C19H23NO. The maximum absolute atomic E-state index is 5.60. The van der Waals surface area contributed by atoms with E-state index in [4.69, 9.17) is 4.74 Å². The molecule has 1 N–H and O–H groups in total. The Morgan fingerprint density at radius 2 is 2.00 bits per heavy atom. The lowest BCUT2D eigenvalue weighted by atomic mass is 9.99. The third-order valence-corrected chi connectivity index (χ3v) is 4.25. The Morgan fingerprint density at radius 3 is 2.81 bits per heavy atom. The molecule has 2 nitrogen and oxygen atoms in total. The summed E-state index contributed by atoms with van der Waals surface area (Å²) in [7, 11) is 0. The highest BCUT2D eigenvalue weighted by Gasteiger charge is 2.16. The smallest absolute Gasteiger partial charge is 0.122 e. The van der Waals surface area contributed by atoms with E-state index in [1.54, 1.807) is 0 Å². The Bertz CT molecular complexity index is 648. The molecule has 0 fully saturated rings. The Kier molecular flexibility index (Phi) is 3.87. The number of aryl methyl sites for hydroxylation is 2. The van der Waals surface area contributed by atoms with E-state index < -0.39 is 0 Å². The second kappa shape index (κ2) is 5.80. The minimum atomic E-state index is 0.344. The van der Waals surface area contributed by atoms with E-state index in [0.717, 1.165) is 25.2 Å². The zero-order valence-electron chi connectivity index (χ0n) is 13.1. The summed E-state index contributed by atoms with van der Waals surface area (Å²) in [5.41, 5.74) is 6.51. The molecule has 0 saturated heterocycles. The third-order valence-electron chi connectivity index (χ3n) is 4.25. The maximum atomic E-state index is 5.60. The minimum Gasteiger partial charge on any atom is -0.493 e.